The second-order valence-electron chi connectivity index (χ2n) is 6.73. The van der Waals surface area contributed by atoms with Crippen molar-refractivity contribution in [3.05, 3.63) is 64.9 Å². The molecule has 1 aromatic heterocycles. The molecule has 156 valence electrons. The lowest BCUT2D eigenvalue weighted by atomic mass is 10.0. The van der Waals surface area contributed by atoms with Gasteiger partial charge in [0, 0.05) is 17.1 Å². The molecule has 3 aromatic rings. The van der Waals surface area contributed by atoms with Gasteiger partial charge in [-0.05, 0) is 48.9 Å². The number of thioether (sulfide) groups is 1. The minimum atomic E-state index is -0.444. The molecule has 30 heavy (non-hydrogen) atoms. The van der Waals surface area contributed by atoms with Crippen LogP contribution in [0.25, 0.3) is 0 Å². The summed E-state index contributed by atoms with van der Waals surface area (Å²) in [5.74, 6) is 1.50. The van der Waals surface area contributed by atoms with Gasteiger partial charge in [-0.2, -0.15) is 0 Å². The van der Waals surface area contributed by atoms with Crippen LogP contribution >= 0.6 is 23.4 Å². The van der Waals surface area contributed by atoms with Crippen LogP contribution in [-0.4, -0.2) is 32.6 Å². The fourth-order valence-electron chi connectivity index (χ4n) is 3.26. The minimum absolute atomic E-state index is 0.124. The van der Waals surface area contributed by atoms with Gasteiger partial charge in [0.2, 0.25) is 11.1 Å². The highest BCUT2D eigenvalue weighted by atomic mass is 35.5. The molecule has 2 N–H and O–H groups in total. The van der Waals surface area contributed by atoms with Gasteiger partial charge in [0.1, 0.15) is 11.0 Å². The molecule has 2 aromatic carbocycles. The molecule has 2 atom stereocenters. The molecule has 1 aliphatic rings. The Balaban J connectivity index is 1.64. The summed E-state index contributed by atoms with van der Waals surface area (Å²) in [5.41, 5.74) is 5.11. The van der Waals surface area contributed by atoms with Crippen LogP contribution in [0.5, 0.6) is 5.75 Å². The fraction of sp³-hybridized carbons (Fsp3) is 0.286. The van der Waals surface area contributed by atoms with Crippen molar-refractivity contribution in [2.24, 2.45) is 0 Å². The maximum absolute atomic E-state index is 13.2. The second kappa shape index (κ2) is 8.97. The Morgan fingerprint density at radius 1 is 1.17 bits per heavy atom. The third-order valence-corrected chi connectivity index (χ3v) is 6.21. The van der Waals surface area contributed by atoms with E-state index in [-0.39, 0.29) is 11.9 Å². The maximum atomic E-state index is 13.2. The second-order valence-corrected chi connectivity index (χ2v) is 8.28. The smallest absolute Gasteiger partial charge is 0.240 e. The lowest BCUT2D eigenvalue weighted by Gasteiger charge is -2.33. The Bertz CT molecular complexity index is 1020. The van der Waals surface area contributed by atoms with Crippen molar-refractivity contribution in [3.8, 4) is 5.75 Å². The number of carbonyl (C=O) groups is 1. The van der Waals surface area contributed by atoms with Gasteiger partial charge in [-0.3, -0.25) is 4.79 Å². The van der Waals surface area contributed by atoms with Crippen LogP contribution in [0.4, 0.5) is 5.69 Å². The quantitative estimate of drug-likeness (QED) is 0.591. The van der Waals surface area contributed by atoms with Gasteiger partial charge in [0.05, 0.1) is 12.6 Å². The highest BCUT2D eigenvalue weighted by Gasteiger charge is 2.37. The Labute approximate surface area is 184 Å². The number of carbonyl (C=O) groups excluding carboxylic acids is 1. The van der Waals surface area contributed by atoms with Crippen molar-refractivity contribution in [1.82, 2.24) is 14.9 Å². The Morgan fingerprint density at radius 2 is 1.90 bits per heavy atom. The molecule has 0 saturated heterocycles. The molecule has 1 aliphatic heterocycles. The predicted molar refractivity (Wildman–Crippen MR) is 119 cm³/mol. The van der Waals surface area contributed by atoms with Crippen LogP contribution in [0.2, 0.25) is 5.02 Å². The number of aryl methyl sites for hydroxylation is 1. The number of aromatic nitrogens is 3. The Hall–Kier alpha value is -2.71. The van der Waals surface area contributed by atoms with Crippen LogP contribution < -0.4 is 15.5 Å². The first-order chi connectivity index (χ1) is 14.6. The van der Waals surface area contributed by atoms with Crippen LogP contribution in [0, 0.1) is 0 Å². The van der Waals surface area contributed by atoms with E-state index in [0.29, 0.717) is 22.5 Å². The predicted octanol–water partition coefficient (Wildman–Crippen LogP) is 4.29. The molecule has 4 rings (SSSR count). The van der Waals surface area contributed by atoms with Crippen molar-refractivity contribution >= 4 is 35.0 Å². The van der Waals surface area contributed by atoms with Crippen LogP contribution in [0.1, 0.15) is 31.3 Å². The standard InChI is InChI=1S/C21H22ClN5O2S/c1-3-17-24-25-21-27(17)26-18(13-5-11-16(12-6-13)29-4-2)19(30-21)20(28)23-15-9-7-14(22)8-10-15/h5-12,18-19,26H,3-4H2,1-2H3,(H,23,28)/t18-,19+/m1/s1. The first-order valence-corrected chi connectivity index (χ1v) is 11.0. The zero-order valence-corrected chi connectivity index (χ0v) is 18.2. The highest BCUT2D eigenvalue weighted by molar-refractivity contribution is 8.00. The molecule has 0 saturated carbocycles. The van der Waals surface area contributed by atoms with Crippen LogP contribution in [-0.2, 0) is 11.2 Å². The van der Waals surface area contributed by atoms with Gasteiger partial charge in [-0.1, -0.05) is 42.4 Å². The summed E-state index contributed by atoms with van der Waals surface area (Å²) in [6, 6.07) is 14.6. The van der Waals surface area contributed by atoms with Crippen molar-refractivity contribution < 1.29 is 9.53 Å². The van der Waals surface area contributed by atoms with E-state index in [2.05, 4.69) is 20.9 Å². The van der Waals surface area contributed by atoms with Gasteiger partial charge in [-0.15, -0.1) is 10.2 Å². The third-order valence-electron chi connectivity index (χ3n) is 4.74. The third kappa shape index (κ3) is 4.24. The molecule has 0 unspecified atom stereocenters. The first kappa shape index (κ1) is 20.6. The molecule has 0 radical (unpaired) electrons. The average molecular weight is 444 g/mol. The van der Waals surface area contributed by atoms with Crippen LogP contribution in [0.15, 0.2) is 53.7 Å². The number of benzene rings is 2. The monoisotopic (exact) mass is 443 g/mol. The molecular formula is C21H22ClN5O2S. The van der Waals surface area contributed by atoms with Gasteiger partial charge >= 0.3 is 0 Å². The molecule has 1 amide bonds. The number of nitrogens with one attached hydrogen (secondary N) is 2. The average Bonchev–Trinajstić information content (AvgIpc) is 3.17. The van der Waals surface area contributed by atoms with E-state index in [1.165, 1.54) is 11.8 Å². The van der Waals surface area contributed by atoms with E-state index in [9.17, 15) is 4.79 Å². The van der Waals surface area contributed by atoms with Crippen molar-refractivity contribution in [2.75, 3.05) is 17.3 Å². The number of fused-ring (bicyclic) bond motifs is 1. The molecule has 0 fully saturated rings. The molecule has 0 spiro atoms. The zero-order chi connectivity index (χ0) is 21.1. The van der Waals surface area contributed by atoms with Gasteiger partial charge in [0.25, 0.3) is 0 Å². The Morgan fingerprint density at radius 3 is 2.57 bits per heavy atom. The highest BCUT2D eigenvalue weighted by Crippen LogP contribution is 2.38. The molecular weight excluding hydrogens is 422 g/mol. The summed E-state index contributed by atoms with van der Waals surface area (Å²) in [4.78, 5) is 13.2. The topological polar surface area (TPSA) is 81.1 Å². The Kier molecular flexibility index (Phi) is 6.15. The summed E-state index contributed by atoms with van der Waals surface area (Å²) in [6.45, 7) is 4.58. The molecule has 0 aliphatic carbocycles. The summed E-state index contributed by atoms with van der Waals surface area (Å²) >= 11 is 7.35. The number of halogens is 1. The minimum Gasteiger partial charge on any atom is -0.494 e. The van der Waals surface area contributed by atoms with Crippen molar-refractivity contribution in [2.45, 2.75) is 36.7 Å². The molecule has 9 heteroatoms. The number of anilines is 1. The normalized spacial score (nSPS) is 17.7. The SMILES string of the molecule is CCOc1ccc([C@H]2Nn3c(CC)nnc3S[C@@H]2C(=O)Nc2ccc(Cl)cc2)cc1. The van der Waals surface area contributed by atoms with E-state index in [0.717, 1.165) is 23.6 Å². The van der Waals surface area contributed by atoms with E-state index in [1.807, 2.05) is 42.8 Å². The number of amides is 1. The van der Waals surface area contributed by atoms with E-state index in [4.69, 9.17) is 16.3 Å². The molecule has 2 heterocycles. The van der Waals surface area contributed by atoms with Gasteiger partial charge < -0.3 is 15.5 Å². The number of rotatable bonds is 6. The zero-order valence-electron chi connectivity index (χ0n) is 16.6. The van der Waals surface area contributed by atoms with Gasteiger partial charge in [0.15, 0.2) is 5.82 Å². The maximum Gasteiger partial charge on any atom is 0.240 e. The fourth-order valence-corrected chi connectivity index (χ4v) is 4.49. The molecule has 7 nitrogen and oxygen atoms in total. The van der Waals surface area contributed by atoms with Gasteiger partial charge in [-0.25, -0.2) is 4.68 Å². The lowest BCUT2D eigenvalue weighted by molar-refractivity contribution is -0.116. The number of ether oxygens (including phenoxy) is 1. The van der Waals surface area contributed by atoms with E-state index < -0.39 is 5.25 Å². The van der Waals surface area contributed by atoms with E-state index in [1.54, 1.807) is 24.3 Å². The summed E-state index contributed by atoms with van der Waals surface area (Å²) in [6.07, 6.45) is 0.734. The number of nitrogens with zero attached hydrogens (tertiary/aromatic N) is 3. The van der Waals surface area contributed by atoms with E-state index >= 15 is 0 Å². The summed E-state index contributed by atoms with van der Waals surface area (Å²) in [5, 5.41) is 12.3. The van der Waals surface area contributed by atoms with Crippen molar-refractivity contribution in [3.63, 3.8) is 0 Å². The molecule has 0 bridgehead atoms. The number of hydrogen-bond acceptors (Lipinski definition) is 6. The van der Waals surface area contributed by atoms with Crippen LogP contribution in [0.3, 0.4) is 0 Å². The lowest BCUT2D eigenvalue weighted by Crippen LogP contribution is -2.41. The summed E-state index contributed by atoms with van der Waals surface area (Å²) in [7, 11) is 0. The number of hydrogen-bond donors (Lipinski definition) is 2. The largest absolute Gasteiger partial charge is 0.494 e. The first-order valence-electron chi connectivity index (χ1n) is 9.75. The summed E-state index contributed by atoms with van der Waals surface area (Å²) < 4.78 is 7.42. The van der Waals surface area contributed by atoms with Crippen molar-refractivity contribution in [1.29, 1.82) is 0 Å².